The van der Waals surface area contributed by atoms with Gasteiger partial charge in [0.15, 0.2) is 0 Å². The number of pyridine rings is 1. The fourth-order valence-electron chi connectivity index (χ4n) is 8.58. The van der Waals surface area contributed by atoms with Gasteiger partial charge in [-0.3, -0.25) is 4.57 Å². The molecule has 10 aromatic rings. The highest BCUT2D eigenvalue weighted by Gasteiger charge is 2.27. The highest BCUT2D eigenvalue weighted by atomic mass is 15.1. The molecule has 0 atom stereocenters. The van der Waals surface area contributed by atoms with Gasteiger partial charge < -0.3 is 9.13 Å². The second kappa shape index (κ2) is 11.8. The maximum Gasteiger partial charge on any atom is 0.138 e. The quantitative estimate of drug-likeness (QED) is 0.178. The Bertz CT molecular complexity index is 3050. The van der Waals surface area contributed by atoms with E-state index in [0.717, 1.165) is 57.8 Å². The summed E-state index contributed by atoms with van der Waals surface area (Å²) in [5.41, 5.74) is 13.7. The highest BCUT2D eigenvalue weighted by Crippen LogP contribution is 2.46. The molecule has 0 amide bonds. The third-order valence-corrected chi connectivity index (χ3v) is 10.8. The molecular weight excluding hydrogens is 645 g/mol. The smallest absolute Gasteiger partial charge is 0.138 e. The van der Waals surface area contributed by atoms with Gasteiger partial charge in [0.2, 0.25) is 0 Å². The fourth-order valence-corrected chi connectivity index (χ4v) is 8.58. The topological polar surface area (TPSA) is 27.7 Å². The van der Waals surface area contributed by atoms with E-state index in [1.807, 2.05) is 0 Å². The summed E-state index contributed by atoms with van der Waals surface area (Å²) in [6, 6.07) is 59.0. The molecule has 1 aliphatic carbocycles. The van der Waals surface area contributed by atoms with E-state index < -0.39 is 0 Å². The summed E-state index contributed by atoms with van der Waals surface area (Å²) in [5, 5.41) is 4.82. The third kappa shape index (κ3) is 4.52. The molecule has 0 bridgehead atoms. The van der Waals surface area contributed by atoms with Crippen molar-refractivity contribution in [1.82, 2.24) is 18.7 Å². The molecule has 4 aromatic heterocycles. The number of hydrogen-bond donors (Lipinski definition) is 0. The zero-order valence-corrected chi connectivity index (χ0v) is 29.0. The molecule has 0 fully saturated rings. The molecule has 0 saturated carbocycles. The lowest BCUT2D eigenvalue weighted by Crippen LogP contribution is -2.02. The number of para-hydroxylation sites is 4. The van der Waals surface area contributed by atoms with E-state index >= 15 is 0 Å². The monoisotopic (exact) mass is 678 g/mol. The number of aromatic nitrogens is 4. The predicted octanol–water partition coefficient (Wildman–Crippen LogP) is 12.6. The largest absolute Gasteiger partial charge is 0.307 e. The normalized spacial score (nSPS) is 13.2. The summed E-state index contributed by atoms with van der Waals surface area (Å²) in [5.74, 6) is 0.905. The molecule has 0 saturated heterocycles. The van der Waals surface area contributed by atoms with Crippen molar-refractivity contribution in [2.24, 2.45) is 0 Å². The molecule has 250 valence electrons. The number of allylic oxidation sites excluding steroid dienone is 4. The molecule has 0 radical (unpaired) electrons. The first-order valence-corrected chi connectivity index (χ1v) is 18.4. The van der Waals surface area contributed by atoms with Crippen LogP contribution in [-0.2, 0) is 0 Å². The molecule has 1 aliphatic rings. The summed E-state index contributed by atoms with van der Waals surface area (Å²) >= 11 is 0. The van der Waals surface area contributed by atoms with Gasteiger partial charge in [0.25, 0.3) is 0 Å². The van der Waals surface area contributed by atoms with Crippen molar-refractivity contribution in [1.29, 1.82) is 0 Å². The Balaban J connectivity index is 1.37. The molecule has 0 N–H and O–H groups in total. The molecule has 6 aromatic carbocycles. The van der Waals surface area contributed by atoms with Crippen LogP contribution >= 0.6 is 0 Å². The van der Waals surface area contributed by atoms with Gasteiger partial charge in [-0.25, -0.2) is 4.98 Å². The fraction of sp³-hybridized carbons (Fsp3) is 0.0408. The Morgan fingerprint density at radius 3 is 1.75 bits per heavy atom. The first kappa shape index (κ1) is 29.8. The van der Waals surface area contributed by atoms with Gasteiger partial charge in [0.05, 0.1) is 38.8 Å². The third-order valence-electron chi connectivity index (χ3n) is 10.8. The first-order valence-electron chi connectivity index (χ1n) is 18.4. The van der Waals surface area contributed by atoms with Crippen molar-refractivity contribution in [3.8, 4) is 28.5 Å². The first-order chi connectivity index (χ1) is 26.3. The number of hydrogen-bond acceptors (Lipinski definition) is 1. The molecule has 4 heteroatoms. The van der Waals surface area contributed by atoms with Crippen LogP contribution in [0.3, 0.4) is 0 Å². The molecule has 4 heterocycles. The van der Waals surface area contributed by atoms with Crippen LogP contribution < -0.4 is 0 Å². The van der Waals surface area contributed by atoms with Crippen LogP contribution in [0, 0.1) is 0 Å². The molecular formula is C49H34N4. The Kier molecular flexibility index (Phi) is 6.65. The highest BCUT2D eigenvalue weighted by molar-refractivity contribution is 6.29. The van der Waals surface area contributed by atoms with E-state index in [0.29, 0.717) is 0 Å². The molecule has 0 aliphatic heterocycles. The van der Waals surface area contributed by atoms with E-state index in [4.69, 9.17) is 4.98 Å². The zero-order chi connectivity index (χ0) is 34.9. The summed E-state index contributed by atoms with van der Waals surface area (Å²) in [6.07, 6.45) is 9.02. The maximum absolute atomic E-state index is 5.51. The van der Waals surface area contributed by atoms with Crippen LogP contribution in [0.2, 0.25) is 0 Å². The lowest BCUT2D eigenvalue weighted by atomic mass is 9.98. The Morgan fingerprint density at radius 1 is 0.434 bits per heavy atom. The van der Waals surface area contributed by atoms with Crippen LogP contribution in [0.15, 0.2) is 182 Å². The van der Waals surface area contributed by atoms with Gasteiger partial charge in [-0.15, -0.1) is 0 Å². The van der Waals surface area contributed by atoms with Gasteiger partial charge in [-0.05, 0) is 78.6 Å². The van der Waals surface area contributed by atoms with Crippen molar-refractivity contribution in [2.45, 2.75) is 12.8 Å². The van der Waals surface area contributed by atoms with Gasteiger partial charge in [0.1, 0.15) is 5.82 Å². The zero-order valence-electron chi connectivity index (χ0n) is 29.0. The molecule has 11 rings (SSSR count). The van der Waals surface area contributed by atoms with Crippen molar-refractivity contribution < 1.29 is 0 Å². The standard InChI is InChI=1S/C49H34N4/c1-5-17-33(18-6-1)35-31-41(34-19-7-2-8-20-34)50-45(32-35)53-42-27-15-13-25-38(42)39-29-30-44-46(47(39)53)49-48(52(44)37-23-11-4-12-24-37)40-26-14-16-28-43(40)51(49)36-21-9-3-10-22-36/h2-5,7-32H,1,6H2. The maximum atomic E-state index is 5.51. The summed E-state index contributed by atoms with van der Waals surface area (Å²) < 4.78 is 7.35. The van der Waals surface area contributed by atoms with Crippen LogP contribution in [0.25, 0.3) is 88.7 Å². The Labute approximate surface area is 306 Å². The lowest BCUT2D eigenvalue weighted by molar-refractivity contribution is 1.04. The average Bonchev–Trinajstić information content (AvgIpc) is 3.87. The summed E-state index contributed by atoms with van der Waals surface area (Å²) in [6.45, 7) is 0. The van der Waals surface area contributed by atoms with E-state index in [-0.39, 0.29) is 0 Å². The van der Waals surface area contributed by atoms with Gasteiger partial charge in [0, 0.05) is 38.5 Å². The molecule has 4 nitrogen and oxygen atoms in total. The predicted molar refractivity (Wildman–Crippen MR) is 222 cm³/mol. The van der Waals surface area contributed by atoms with Gasteiger partial charge >= 0.3 is 0 Å². The van der Waals surface area contributed by atoms with Crippen molar-refractivity contribution >= 4 is 60.2 Å². The second-order valence-corrected chi connectivity index (χ2v) is 13.9. The number of benzene rings is 6. The van der Waals surface area contributed by atoms with Crippen molar-refractivity contribution in [3.05, 3.63) is 188 Å². The summed E-state index contributed by atoms with van der Waals surface area (Å²) in [4.78, 5) is 5.51. The second-order valence-electron chi connectivity index (χ2n) is 13.9. The number of rotatable bonds is 5. The van der Waals surface area contributed by atoms with E-state index in [1.165, 1.54) is 49.2 Å². The minimum Gasteiger partial charge on any atom is -0.307 e. The minimum absolute atomic E-state index is 0.905. The van der Waals surface area contributed by atoms with Crippen LogP contribution in [0.4, 0.5) is 0 Å². The van der Waals surface area contributed by atoms with Crippen LogP contribution in [0.1, 0.15) is 18.4 Å². The minimum atomic E-state index is 0.905. The van der Waals surface area contributed by atoms with E-state index in [1.54, 1.807) is 0 Å². The van der Waals surface area contributed by atoms with Crippen molar-refractivity contribution in [2.75, 3.05) is 0 Å². The molecule has 0 unspecified atom stereocenters. The number of fused-ring (bicyclic) bond motifs is 9. The van der Waals surface area contributed by atoms with Crippen molar-refractivity contribution in [3.63, 3.8) is 0 Å². The summed E-state index contributed by atoms with van der Waals surface area (Å²) in [7, 11) is 0. The Morgan fingerprint density at radius 2 is 1.06 bits per heavy atom. The van der Waals surface area contributed by atoms with Gasteiger partial charge in [-0.2, -0.15) is 0 Å². The Hall–Kier alpha value is -6.91. The molecule has 0 spiro atoms. The van der Waals surface area contributed by atoms with E-state index in [2.05, 4.69) is 196 Å². The molecule has 53 heavy (non-hydrogen) atoms. The van der Waals surface area contributed by atoms with Crippen LogP contribution in [-0.4, -0.2) is 18.7 Å². The number of nitrogens with zero attached hydrogens (tertiary/aromatic N) is 4. The lowest BCUT2D eigenvalue weighted by Gasteiger charge is -2.15. The van der Waals surface area contributed by atoms with Gasteiger partial charge in [-0.1, -0.05) is 127 Å². The van der Waals surface area contributed by atoms with E-state index in [9.17, 15) is 0 Å². The SMILES string of the molecule is C1=CC(c2cc(-c3ccccc3)nc(-n3c4ccccc4c4ccc5c(c43)c3c(c4ccccc4n3-c3ccccc3)n5-c3ccccc3)c2)=CCC1. The average molecular weight is 679 g/mol. The van der Waals surface area contributed by atoms with Crippen LogP contribution in [0.5, 0.6) is 0 Å².